The minimum Gasteiger partial charge on any atom is -0.464 e. The molecule has 2 rings (SSSR count). The standard InChI is InChI=1S/C15H23N3O5/c1-15(2,3)23-14(21)16-8-9-5-12(13(20)22-4)18(17-9)10-6-11(19)7-10/h5,10-11,19H,6-8H2,1-4H3,(H,16,21). The van der Waals surface area contributed by atoms with Gasteiger partial charge in [0.2, 0.25) is 0 Å². The first-order valence-corrected chi connectivity index (χ1v) is 7.51. The van der Waals surface area contributed by atoms with E-state index in [1.54, 1.807) is 31.5 Å². The molecule has 0 spiro atoms. The van der Waals surface area contributed by atoms with Gasteiger partial charge in [-0.3, -0.25) is 4.68 Å². The third kappa shape index (κ3) is 4.44. The minimum atomic E-state index is -0.581. The summed E-state index contributed by atoms with van der Waals surface area (Å²) in [6.07, 6.45) is 0.179. The second kappa shape index (κ2) is 6.57. The Hall–Kier alpha value is -2.09. The van der Waals surface area contributed by atoms with Gasteiger partial charge >= 0.3 is 12.1 Å². The fourth-order valence-corrected chi connectivity index (χ4v) is 2.30. The number of methoxy groups -OCH3 is 1. The van der Waals surface area contributed by atoms with Crippen LogP contribution in [0.15, 0.2) is 6.07 Å². The van der Waals surface area contributed by atoms with Gasteiger partial charge in [0.25, 0.3) is 0 Å². The van der Waals surface area contributed by atoms with E-state index in [1.807, 2.05) is 0 Å². The first-order valence-electron chi connectivity index (χ1n) is 7.51. The zero-order valence-electron chi connectivity index (χ0n) is 13.8. The average Bonchev–Trinajstić information content (AvgIpc) is 2.82. The molecule has 0 radical (unpaired) electrons. The number of nitrogens with one attached hydrogen (secondary N) is 1. The SMILES string of the molecule is COC(=O)c1cc(CNC(=O)OC(C)(C)C)nn1C1CC(O)C1. The lowest BCUT2D eigenvalue weighted by Gasteiger charge is -2.32. The van der Waals surface area contributed by atoms with Crippen molar-refractivity contribution in [3.8, 4) is 0 Å². The van der Waals surface area contributed by atoms with Crippen LogP contribution < -0.4 is 5.32 Å². The molecule has 23 heavy (non-hydrogen) atoms. The van der Waals surface area contributed by atoms with Gasteiger partial charge in [0.05, 0.1) is 31.5 Å². The topological polar surface area (TPSA) is 103 Å². The smallest absolute Gasteiger partial charge is 0.407 e. The molecule has 1 aromatic rings. The first-order chi connectivity index (χ1) is 10.7. The van der Waals surface area contributed by atoms with Crippen molar-refractivity contribution in [1.29, 1.82) is 0 Å². The van der Waals surface area contributed by atoms with Crippen molar-refractivity contribution < 1.29 is 24.2 Å². The van der Waals surface area contributed by atoms with Crippen LogP contribution in [0.3, 0.4) is 0 Å². The number of carbonyl (C=O) groups excluding carboxylic acids is 2. The molecular weight excluding hydrogens is 302 g/mol. The molecule has 1 saturated carbocycles. The minimum absolute atomic E-state index is 0.0330. The summed E-state index contributed by atoms with van der Waals surface area (Å²) >= 11 is 0. The molecule has 2 N–H and O–H groups in total. The van der Waals surface area contributed by atoms with E-state index in [9.17, 15) is 14.7 Å². The fourth-order valence-electron chi connectivity index (χ4n) is 2.30. The van der Waals surface area contributed by atoms with Crippen LogP contribution in [0.1, 0.15) is 55.8 Å². The Morgan fingerprint density at radius 1 is 1.43 bits per heavy atom. The number of hydrogen-bond donors (Lipinski definition) is 2. The monoisotopic (exact) mass is 325 g/mol. The van der Waals surface area contributed by atoms with Crippen LogP contribution in [0, 0.1) is 0 Å². The quantitative estimate of drug-likeness (QED) is 0.811. The molecule has 1 heterocycles. The summed E-state index contributed by atoms with van der Waals surface area (Å²) in [5.41, 5.74) is 0.255. The van der Waals surface area contributed by atoms with Crippen LogP contribution >= 0.6 is 0 Å². The predicted molar refractivity (Wildman–Crippen MR) is 80.9 cm³/mol. The van der Waals surface area contributed by atoms with Gasteiger partial charge in [-0.2, -0.15) is 5.10 Å². The third-order valence-corrected chi connectivity index (χ3v) is 3.43. The maximum Gasteiger partial charge on any atom is 0.407 e. The average molecular weight is 325 g/mol. The van der Waals surface area contributed by atoms with Crippen LogP contribution in [0.2, 0.25) is 0 Å². The molecule has 1 aliphatic carbocycles. The summed E-state index contributed by atoms with van der Waals surface area (Å²) < 4.78 is 11.5. The number of aromatic nitrogens is 2. The number of esters is 1. The van der Waals surface area contributed by atoms with Crippen molar-refractivity contribution in [1.82, 2.24) is 15.1 Å². The van der Waals surface area contributed by atoms with Crippen molar-refractivity contribution in [2.45, 2.75) is 57.9 Å². The maximum absolute atomic E-state index is 11.8. The predicted octanol–water partition coefficient (Wildman–Crippen LogP) is 1.39. The van der Waals surface area contributed by atoms with Gasteiger partial charge in [-0.15, -0.1) is 0 Å². The molecule has 1 aliphatic rings. The zero-order valence-corrected chi connectivity index (χ0v) is 13.8. The van der Waals surface area contributed by atoms with Crippen molar-refractivity contribution in [3.05, 3.63) is 17.5 Å². The number of aliphatic hydroxyl groups is 1. The molecule has 0 aliphatic heterocycles. The van der Waals surface area contributed by atoms with E-state index in [0.717, 1.165) is 0 Å². The largest absolute Gasteiger partial charge is 0.464 e. The van der Waals surface area contributed by atoms with Crippen LogP contribution in [-0.2, 0) is 16.0 Å². The lowest BCUT2D eigenvalue weighted by Crippen LogP contribution is -2.33. The summed E-state index contributed by atoms with van der Waals surface area (Å²) in [6, 6.07) is 1.54. The molecule has 128 valence electrons. The second-order valence-electron chi connectivity index (χ2n) is 6.59. The van der Waals surface area contributed by atoms with Gasteiger partial charge in [0, 0.05) is 0 Å². The van der Waals surface area contributed by atoms with Gasteiger partial charge in [-0.05, 0) is 39.7 Å². The van der Waals surface area contributed by atoms with Crippen LogP contribution in [0.4, 0.5) is 4.79 Å². The lowest BCUT2D eigenvalue weighted by molar-refractivity contribution is 0.0370. The molecule has 1 fully saturated rings. The number of carbonyl (C=O) groups is 2. The Kier molecular flexibility index (Phi) is 4.93. The molecule has 0 atom stereocenters. The summed E-state index contributed by atoms with van der Waals surface area (Å²) in [7, 11) is 1.30. The Morgan fingerprint density at radius 3 is 2.61 bits per heavy atom. The van der Waals surface area contributed by atoms with Crippen molar-refractivity contribution in [2.24, 2.45) is 0 Å². The van der Waals surface area contributed by atoms with Crippen molar-refractivity contribution in [2.75, 3.05) is 7.11 Å². The second-order valence-corrected chi connectivity index (χ2v) is 6.59. The maximum atomic E-state index is 11.8. The van der Waals surface area contributed by atoms with Crippen LogP contribution in [-0.4, -0.2) is 45.8 Å². The molecule has 8 heteroatoms. The molecule has 1 amide bonds. The molecule has 0 unspecified atom stereocenters. The Morgan fingerprint density at radius 2 is 2.09 bits per heavy atom. The number of nitrogens with zero attached hydrogens (tertiary/aromatic N) is 2. The highest BCUT2D eigenvalue weighted by atomic mass is 16.6. The Labute approximate surface area is 134 Å². The Bertz CT molecular complexity index is 584. The molecular formula is C15H23N3O5. The van der Waals surface area contributed by atoms with E-state index in [1.165, 1.54) is 7.11 Å². The highest BCUT2D eigenvalue weighted by Crippen LogP contribution is 2.33. The summed E-state index contributed by atoms with van der Waals surface area (Å²) in [6.45, 7) is 5.47. The molecule has 1 aromatic heterocycles. The van der Waals surface area contributed by atoms with E-state index in [0.29, 0.717) is 24.2 Å². The number of amides is 1. The number of ether oxygens (including phenoxy) is 2. The zero-order chi connectivity index (χ0) is 17.2. The third-order valence-electron chi connectivity index (χ3n) is 3.43. The van der Waals surface area contributed by atoms with E-state index in [2.05, 4.69) is 10.4 Å². The van der Waals surface area contributed by atoms with E-state index in [-0.39, 0.29) is 18.7 Å². The van der Waals surface area contributed by atoms with Gasteiger partial charge in [-0.1, -0.05) is 0 Å². The van der Waals surface area contributed by atoms with E-state index >= 15 is 0 Å². The molecule has 0 bridgehead atoms. The first kappa shape index (κ1) is 17.3. The normalized spacial score (nSPS) is 20.6. The molecule has 8 nitrogen and oxygen atoms in total. The fraction of sp³-hybridized carbons (Fsp3) is 0.667. The van der Waals surface area contributed by atoms with Gasteiger partial charge < -0.3 is 19.9 Å². The summed E-state index contributed by atoms with van der Waals surface area (Å²) in [5.74, 6) is -0.498. The summed E-state index contributed by atoms with van der Waals surface area (Å²) in [4.78, 5) is 23.5. The number of alkyl carbamates (subject to hydrolysis) is 1. The van der Waals surface area contributed by atoms with Gasteiger partial charge in [0.15, 0.2) is 0 Å². The summed E-state index contributed by atoms with van der Waals surface area (Å²) in [5, 5.41) is 16.4. The van der Waals surface area contributed by atoms with Crippen LogP contribution in [0.25, 0.3) is 0 Å². The number of hydrogen-bond acceptors (Lipinski definition) is 6. The number of aliphatic hydroxyl groups excluding tert-OH is 1. The van der Waals surface area contributed by atoms with Gasteiger partial charge in [-0.25, -0.2) is 9.59 Å². The van der Waals surface area contributed by atoms with E-state index in [4.69, 9.17) is 9.47 Å². The lowest BCUT2D eigenvalue weighted by atomic mass is 9.89. The molecule has 0 saturated heterocycles. The van der Waals surface area contributed by atoms with Crippen LogP contribution in [0.5, 0.6) is 0 Å². The van der Waals surface area contributed by atoms with Crippen molar-refractivity contribution >= 4 is 12.1 Å². The number of rotatable bonds is 4. The van der Waals surface area contributed by atoms with Crippen molar-refractivity contribution in [3.63, 3.8) is 0 Å². The highest BCUT2D eigenvalue weighted by Gasteiger charge is 2.32. The molecule has 0 aromatic carbocycles. The van der Waals surface area contributed by atoms with E-state index < -0.39 is 17.7 Å². The highest BCUT2D eigenvalue weighted by molar-refractivity contribution is 5.87. The van der Waals surface area contributed by atoms with Gasteiger partial charge in [0.1, 0.15) is 11.3 Å². The Balaban J connectivity index is 2.05.